The molecule has 0 heterocycles. The maximum Gasteiger partial charge on any atom is 0.118 e. The Labute approximate surface area is 146 Å². The van der Waals surface area contributed by atoms with Gasteiger partial charge in [0.1, 0.15) is 5.75 Å². The van der Waals surface area contributed by atoms with Crippen molar-refractivity contribution in [1.29, 1.82) is 0 Å². The Morgan fingerprint density at radius 3 is 2.08 bits per heavy atom. The number of hydrogen-bond donors (Lipinski definition) is 0. The average molecular weight is 321 g/mol. The van der Waals surface area contributed by atoms with Crippen molar-refractivity contribution >= 4 is 0 Å². The van der Waals surface area contributed by atoms with Crippen LogP contribution in [0.3, 0.4) is 0 Å². The molecule has 0 amide bonds. The predicted molar refractivity (Wildman–Crippen MR) is 101 cm³/mol. The highest BCUT2D eigenvalue weighted by Gasteiger charge is 2.12. The quantitative estimate of drug-likeness (QED) is 0.693. The Bertz CT molecular complexity index is 648. The van der Waals surface area contributed by atoms with E-state index in [1.165, 1.54) is 11.1 Å². The number of hydrogen-bond acceptors (Lipinski definition) is 2. The van der Waals surface area contributed by atoms with Crippen LogP contribution in [0.4, 0.5) is 0 Å². The maximum absolute atomic E-state index is 5.27. The first-order valence-corrected chi connectivity index (χ1v) is 8.65. The normalized spacial score (nSPS) is 11.7. The molecule has 2 nitrogen and oxygen atoms in total. The van der Waals surface area contributed by atoms with Gasteiger partial charge >= 0.3 is 0 Å². The van der Waals surface area contributed by atoms with Crippen LogP contribution in [0, 0.1) is 11.8 Å². The second kappa shape index (κ2) is 9.80. The highest BCUT2D eigenvalue weighted by molar-refractivity contribution is 5.37. The fraction of sp³-hybridized carbons (Fsp3) is 0.364. The summed E-state index contributed by atoms with van der Waals surface area (Å²) in [7, 11) is 1.70. The Morgan fingerprint density at radius 2 is 1.50 bits per heavy atom. The standard InChI is InChI=1S/C22H27NO/c1-4-23(5-2)18-10-9-13-22(19-11-7-6-8-12-19)20-14-16-21(24-3)17-15-20/h6-8,11-12,14-17,22H,4-5,13,18H2,1-3H3/t22-/m1/s1. The van der Waals surface area contributed by atoms with Gasteiger partial charge < -0.3 is 4.74 Å². The van der Waals surface area contributed by atoms with Crippen molar-refractivity contribution in [3.63, 3.8) is 0 Å². The Hall–Kier alpha value is -2.24. The van der Waals surface area contributed by atoms with E-state index in [-0.39, 0.29) is 0 Å². The van der Waals surface area contributed by atoms with E-state index >= 15 is 0 Å². The highest BCUT2D eigenvalue weighted by Crippen LogP contribution is 2.28. The smallest absolute Gasteiger partial charge is 0.118 e. The summed E-state index contributed by atoms with van der Waals surface area (Å²) in [4.78, 5) is 2.33. The van der Waals surface area contributed by atoms with Gasteiger partial charge in [-0.25, -0.2) is 0 Å². The van der Waals surface area contributed by atoms with Crippen molar-refractivity contribution in [3.05, 3.63) is 65.7 Å². The Balaban J connectivity index is 2.16. The number of benzene rings is 2. The maximum atomic E-state index is 5.27. The summed E-state index contributed by atoms with van der Waals surface area (Å²) in [6.45, 7) is 7.29. The van der Waals surface area contributed by atoms with Crippen molar-refractivity contribution in [2.75, 3.05) is 26.7 Å². The van der Waals surface area contributed by atoms with Crippen molar-refractivity contribution in [1.82, 2.24) is 4.90 Å². The molecular weight excluding hydrogens is 294 g/mol. The summed E-state index contributed by atoms with van der Waals surface area (Å²) in [5, 5.41) is 0. The predicted octanol–water partition coefficient (Wildman–Crippen LogP) is 4.56. The van der Waals surface area contributed by atoms with Crippen molar-refractivity contribution in [2.45, 2.75) is 26.2 Å². The monoisotopic (exact) mass is 321 g/mol. The fourth-order valence-corrected chi connectivity index (χ4v) is 2.74. The van der Waals surface area contributed by atoms with Gasteiger partial charge in [0, 0.05) is 12.3 Å². The molecule has 2 heteroatoms. The largest absolute Gasteiger partial charge is 0.497 e. The highest BCUT2D eigenvalue weighted by atomic mass is 16.5. The lowest BCUT2D eigenvalue weighted by atomic mass is 9.89. The lowest BCUT2D eigenvalue weighted by molar-refractivity contribution is 0.342. The zero-order chi connectivity index (χ0) is 17.2. The van der Waals surface area contributed by atoms with Gasteiger partial charge in [-0.3, -0.25) is 4.90 Å². The average Bonchev–Trinajstić information content (AvgIpc) is 2.66. The minimum atomic E-state index is 0.293. The summed E-state index contributed by atoms with van der Waals surface area (Å²) in [5.74, 6) is 7.90. The van der Waals surface area contributed by atoms with E-state index < -0.39 is 0 Å². The van der Waals surface area contributed by atoms with Crippen LogP contribution in [0.2, 0.25) is 0 Å². The van der Waals surface area contributed by atoms with Gasteiger partial charge in [0.25, 0.3) is 0 Å². The summed E-state index contributed by atoms with van der Waals surface area (Å²) in [5.41, 5.74) is 2.58. The third-order valence-electron chi connectivity index (χ3n) is 4.35. The third kappa shape index (κ3) is 5.15. The first kappa shape index (κ1) is 18.1. The number of nitrogens with zero attached hydrogens (tertiary/aromatic N) is 1. The summed E-state index contributed by atoms with van der Waals surface area (Å²) in [6, 6.07) is 18.9. The summed E-state index contributed by atoms with van der Waals surface area (Å²) < 4.78 is 5.27. The third-order valence-corrected chi connectivity index (χ3v) is 4.35. The SMILES string of the molecule is CCN(CC)CC#CC[C@H](c1ccccc1)c1ccc(OC)cc1. The molecular formula is C22H27NO. The molecule has 0 fully saturated rings. The number of ether oxygens (including phenoxy) is 1. The lowest BCUT2D eigenvalue weighted by Crippen LogP contribution is -2.22. The first-order valence-electron chi connectivity index (χ1n) is 8.65. The fourth-order valence-electron chi connectivity index (χ4n) is 2.74. The molecule has 0 unspecified atom stereocenters. The summed E-state index contributed by atoms with van der Waals surface area (Å²) >= 11 is 0. The van der Waals surface area contributed by atoms with E-state index in [0.29, 0.717) is 5.92 Å². The molecule has 0 spiro atoms. The molecule has 2 aromatic carbocycles. The number of rotatable bonds is 7. The molecule has 0 aliphatic rings. The van der Waals surface area contributed by atoms with Crippen LogP contribution >= 0.6 is 0 Å². The zero-order valence-corrected chi connectivity index (χ0v) is 15.0. The van der Waals surface area contributed by atoms with Crippen LogP contribution in [-0.4, -0.2) is 31.6 Å². The molecule has 0 N–H and O–H groups in total. The van der Waals surface area contributed by atoms with E-state index in [1.807, 2.05) is 12.1 Å². The van der Waals surface area contributed by atoms with Gasteiger partial charge in [-0.2, -0.15) is 0 Å². The Morgan fingerprint density at radius 1 is 0.875 bits per heavy atom. The molecule has 0 bridgehead atoms. The van der Waals surface area contributed by atoms with Gasteiger partial charge in [-0.1, -0.05) is 62.2 Å². The van der Waals surface area contributed by atoms with Crippen molar-refractivity contribution in [3.8, 4) is 17.6 Å². The van der Waals surface area contributed by atoms with Gasteiger partial charge in [0.2, 0.25) is 0 Å². The van der Waals surface area contributed by atoms with E-state index in [1.54, 1.807) is 7.11 Å². The molecule has 0 aliphatic heterocycles. The van der Waals surface area contributed by atoms with Crippen molar-refractivity contribution < 1.29 is 4.74 Å². The molecule has 0 radical (unpaired) electrons. The van der Waals surface area contributed by atoms with Crippen LogP contribution in [0.25, 0.3) is 0 Å². The second-order valence-corrected chi connectivity index (χ2v) is 5.76. The van der Waals surface area contributed by atoms with E-state index in [2.05, 4.69) is 73.1 Å². The molecule has 24 heavy (non-hydrogen) atoms. The molecule has 2 aromatic rings. The minimum Gasteiger partial charge on any atom is -0.497 e. The molecule has 1 atom stereocenters. The molecule has 0 saturated heterocycles. The van der Waals surface area contributed by atoms with Crippen LogP contribution in [0.15, 0.2) is 54.6 Å². The number of methoxy groups -OCH3 is 1. The van der Waals surface area contributed by atoms with E-state index in [0.717, 1.165) is 31.8 Å². The van der Waals surface area contributed by atoms with Crippen LogP contribution in [-0.2, 0) is 0 Å². The molecule has 2 rings (SSSR count). The van der Waals surface area contributed by atoms with E-state index in [9.17, 15) is 0 Å². The Kier molecular flexibility index (Phi) is 7.39. The summed E-state index contributed by atoms with van der Waals surface area (Å²) in [6.07, 6.45) is 0.831. The second-order valence-electron chi connectivity index (χ2n) is 5.76. The van der Waals surface area contributed by atoms with Crippen molar-refractivity contribution in [2.24, 2.45) is 0 Å². The van der Waals surface area contributed by atoms with Gasteiger partial charge in [0.05, 0.1) is 13.7 Å². The van der Waals surface area contributed by atoms with Crippen LogP contribution < -0.4 is 4.74 Å². The van der Waals surface area contributed by atoms with Crippen LogP contribution in [0.1, 0.15) is 37.3 Å². The zero-order valence-electron chi connectivity index (χ0n) is 15.0. The minimum absolute atomic E-state index is 0.293. The lowest BCUT2D eigenvalue weighted by Gasteiger charge is -2.16. The van der Waals surface area contributed by atoms with Crippen LogP contribution in [0.5, 0.6) is 5.75 Å². The van der Waals surface area contributed by atoms with Gasteiger partial charge in [0.15, 0.2) is 0 Å². The molecule has 0 aromatic heterocycles. The molecule has 126 valence electrons. The van der Waals surface area contributed by atoms with Gasteiger partial charge in [-0.15, -0.1) is 5.92 Å². The molecule has 0 saturated carbocycles. The first-order chi connectivity index (χ1) is 11.8. The van der Waals surface area contributed by atoms with E-state index in [4.69, 9.17) is 4.74 Å². The topological polar surface area (TPSA) is 12.5 Å². The molecule has 0 aliphatic carbocycles. The van der Waals surface area contributed by atoms with Gasteiger partial charge in [-0.05, 0) is 36.3 Å².